The van der Waals surface area contributed by atoms with E-state index in [-0.39, 0.29) is 30.3 Å². The molecule has 2 amide bonds. The maximum atomic E-state index is 12.5. The van der Waals surface area contributed by atoms with E-state index >= 15 is 0 Å². The lowest BCUT2D eigenvalue weighted by atomic mass is 9.81. The SMILES string of the molecule is CC(CCNC(=O)C1CCCC(CNC(=O)OCC2c3ccccc3-c3ccccc32)C1)C(=O)O. The molecule has 35 heavy (non-hydrogen) atoms. The first-order valence-electron chi connectivity index (χ1n) is 12.5. The highest BCUT2D eigenvalue weighted by atomic mass is 16.5. The summed E-state index contributed by atoms with van der Waals surface area (Å²) >= 11 is 0. The summed E-state index contributed by atoms with van der Waals surface area (Å²) in [5, 5.41) is 14.7. The van der Waals surface area contributed by atoms with Crippen LogP contribution < -0.4 is 10.6 Å². The fraction of sp³-hybridized carbons (Fsp3) is 0.464. The van der Waals surface area contributed by atoms with E-state index in [9.17, 15) is 14.4 Å². The lowest BCUT2D eigenvalue weighted by molar-refractivity contribution is -0.141. The summed E-state index contributed by atoms with van der Waals surface area (Å²) in [5.41, 5.74) is 4.75. The van der Waals surface area contributed by atoms with Gasteiger partial charge in [0.1, 0.15) is 6.61 Å². The Labute approximate surface area is 206 Å². The quantitative estimate of drug-likeness (QED) is 0.490. The van der Waals surface area contributed by atoms with E-state index in [1.54, 1.807) is 6.92 Å². The monoisotopic (exact) mass is 478 g/mol. The summed E-state index contributed by atoms with van der Waals surface area (Å²) < 4.78 is 5.62. The molecule has 3 N–H and O–H groups in total. The molecule has 3 unspecified atom stereocenters. The highest BCUT2D eigenvalue weighted by molar-refractivity contribution is 5.79. The van der Waals surface area contributed by atoms with Crippen molar-refractivity contribution in [2.45, 2.75) is 44.9 Å². The molecule has 1 saturated carbocycles. The molecule has 2 aliphatic rings. The summed E-state index contributed by atoms with van der Waals surface area (Å²) in [5.74, 6) is -1.20. The van der Waals surface area contributed by atoms with Gasteiger partial charge in [0.25, 0.3) is 0 Å². The predicted octanol–water partition coefficient (Wildman–Crippen LogP) is 4.56. The molecule has 7 heteroatoms. The van der Waals surface area contributed by atoms with Crippen molar-refractivity contribution in [1.29, 1.82) is 0 Å². The molecule has 3 atom stereocenters. The topological polar surface area (TPSA) is 105 Å². The normalized spacial score (nSPS) is 19.8. The highest BCUT2D eigenvalue weighted by Gasteiger charge is 2.30. The zero-order chi connectivity index (χ0) is 24.8. The number of carboxylic acids is 1. The molecule has 0 heterocycles. The van der Waals surface area contributed by atoms with Crippen LogP contribution in [0.5, 0.6) is 0 Å². The largest absolute Gasteiger partial charge is 0.481 e. The second-order valence-corrected chi connectivity index (χ2v) is 9.75. The molecule has 186 valence electrons. The lowest BCUT2D eigenvalue weighted by Gasteiger charge is -2.28. The van der Waals surface area contributed by atoms with Crippen LogP contribution in [0.25, 0.3) is 11.1 Å². The molecule has 4 rings (SSSR count). The molecule has 0 aromatic heterocycles. The minimum absolute atomic E-state index is 0.0200. The molecule has 0 spiro atoms. The van der Waals surface area contributed by atoms with Crippen molar-refractivity contribution in [2.24, 2.45) is 17.8 Å². The number of carboxylic acid groups (broad SMARTS) is 1. The number of amides is 2. The minimum atomic E-state index is -0.851. The second-order valence-electron chi connectivity index (χ2n) is 9.75. The van der Waals surface area contributed by atoms with Crippen LogP contribution in [0, 0.1) is 17.8 Å². The average molecular weight is 479 g/mol. The Balaban J connectivity index is 1.22. The number of fused-ring (bicyclic) bond motifs is 3. The molecule has 0 saturated heterocycles. The predicted molar refractivity (Wildman–Crippen MR) is 133 cm³/mol. The molecule has 2 aliphatic carbocycles. The summed E-state index contributed by atoms with van der Waals surface area (Å²) in [6.07, 6.45) is 3.41. The zero-order valence-corrected chi connectivity index (χ0v) is 20.2. The van der Waals surface area contributed by atoms with Gasteiger partial charge >= 0.3 is 12.1 Å². The van der Waals surface area contributed by atoms with Gasteiger partial charge in [-0.3, -0.25) is 9.59 Å². The smallest absolute Gasteiger partial charge is 0.407 e. The zero-order valence-electron chi connectivity index (χ0n) is 20.2. The summed E-state index contributed by atoms with van der Waals surface area (Å²) in [6, 6.07) is 16.5. The first kappa shape index (κ1) is 24.8. The van der Waals surface area contributed by atoms with Crippen LogP contribution in [-0.4, -0.2) is 42.8 Å². The molecule has 1 fully saturated rings. The van der Waals surface area contributed by atoms with Gasteiger partial charge in [-0.2, -0.15) is 0 Å². The van der Waals surface area contributed by atoms with Crippen LogP contribution in [0.1, 0.15) is 56.1 Å². The number of hydrogen-bond acceptors (Lipinski definition) is 4. The maximum absolute atomic E-state index is 12.5. The van der Waals surface area contributed by atoms with E-state index in [1.165, 1.54) is 22.3 Å². The van der Waals surface area contributed by atoms with Crippen molar-refractivity contribution < 1.29 is 24.2 Å². The van der Waals surface area contributed by atoms with Crippen molar-refractivity contribution in [3.63, 3.8) is 0 Å². The third kappa shape index (κ3) is 6.02. The number of carbonyl (C=O) groups excluding carboxylic acids is 2. The van der Waals surface area contributed by atoms with Gasteiger partial charge in [0.15, 0.2) is 0 Å². The number of alkyl carbamates (subject to hydrolysis) is 1. The third-order valence-corrected chi connectivity index (χ3v) is 7.33. The van der Waals surface area contributed by atoms with E-state index in [0.29, 0.717) is 25.9 Å². The Bertz CT molecular complexity index is 1020. The lowest BCUT2D eigenvalue weighted by Crippen LogP contribution is -2.38. The first-order chi connectivity index (χ1) is 16.9. The molecule has 0 radical (unpaired) electrons. The van der Waals surface area contributed by atoms with E-state index in [0.717, 1.165) is 19.3 Å². The summed E-state index contributed by atoms with van der Waals surface area (Å²) in [6.45, 7) is 2.77. The number of ether oxygens (including phenoxy) is 1. The molecule has 7 nitrogen and oxygen atoms in total. The van der Waals surface area contributed by atoms with Crippen LogP contribution in [0.2, 0.25) is 0 Å². The standard InChI is InChI=1S/C28H34N2O5/c1-18(27(32)33)13-14-29-26(31)20-8-6-7-19(15-20)16-30-28(34)35-17-25-23-11-4-2-9-21(23)22-10-3-5-12-24(22)25/h2-5,9-12,18-20,25H,6-8,13-17H2,1H3,(H,29,31)(H,30,34)(H,32,33). The summed E-state index contributed by atoms with van der Waals surface area (Å²) in [7, 11) is 0. The molecule has 0 aliphatic heterocycles. The Morgan fingerprint density at radius 2 is 1.66 bits per heavy atom. The van der Waals surface area contributed by atoms with E-state index in [1.807, 2.05) is 24.3 Å². The molecule has 2 aromatic carbocycles. The molecular weight excluding hydrogens is 444 g/mol. The fourth-order valence-corrected chi connectivity index (χ4v) is 5.27. The van der Waals surface area contributed by atoms with Crippen LogP contribution in [0.15, 0.2) is 48.5 Å². The number of nitrogens with one attached hydrogen (secondary N) is 2. The van der Waals surface area contributed by atoms with Crippen LogP contribution in [0.4, 0.5) is 4.79 Å². The van der Waals surface area contributed by atoms with Crippen LogP contribution in [0.3, 0.4) is 0 Å². The van der Waals surface area contributed by atoms with Gasteiger partial charge in [0.05, 0.1) is 5.92 Å². The van der Waals surface area contributed by atoms with Crippen LogP contribution in [-0.2, 0) is 14.3 Å². The van der Waals surface area contributed by atoms with Gasteiger partial charge in [-0.15, -0.1) is 0 Å². The van der Waals surface area contributed by atoms with Gasteiger partial charge in [-0.05, 0) is 53.9 Å². The number of hydrogen-bond donors (Lipinski definition) is 3. The average Bonchev–Trinajstić information content (AvgIpc) is 3.20. The summed E-state index contributed by atoms with van der Waals surface area (Å²) in [4.78, 5) is 35.9. The van der Waals surface area contributed by atoms with Gasteiger partial charge in [0.2, 0.25) is 5.91 Å². The molecular formula is C28H34N2O5. The molecule has 2 aromatic rings. The Morgan fingerprint density at radius 1 is 1.00 bits per heavy atom. The third-order valence-electron chi connectivity index (χ3n) is 7.33. The highest BCUT2D eigenvalue weighted by Crippen LogP contribution is 2.44. The second kappa shape index (κ2) is 11.4. The van der Waals surface area contributed by atoms with E-state index in [2.05, 4.69) is 34.9 Å². The van der Waals surface area contributed by atoms with Gasteiger partial charge in [-0.1, -0.05) is 61.9 Å². The van der Waals surface area contributed by atoms with Gasteiger partial charge < -0.3 is 20.5 Å². The van der Waals surface area contributed by atoms with E-state index < -0.39 is 18.0 Å². The Morgan fingerprint density at radius 3 is 2.31 bits per heavy atom. The Hall–Kier alpha value is -3.35. The number of rotatable bonds is 9. The Kier molecular flexibility index (Phi) is 8.06. The van der Waals surface area contributed by atoms with E-state index in [4.69, 9.17) is 9.84 Å². The van der Waals surface area contributed by atoms with Gasteiger partial charge in [0, 0.05) is 24.9 Å². The minimum Gasteiger partial charge on any atom is -0.481 e. The van der Waals surface area contributed by atoms with Crippen molar-refractivity contribution in [2.75, 3.05) is 19.7 Å². The van der Waals surface area contributed by atoms with Crippen molar-refractivity contribution >= 4 is 18.0 Å². The van der Waals surface area contributed by atoms with Crippen molar-refractivity contribution in [1.82, 2.24) is 10.6 Å². The maximum Gasteiger partial charge on any atom is 0.407 e. The number of benzene rings is 2. The fourth-order valence-electron chi connectivity index (χ4n) is 5.27. The number of carbonyl (C=O) groups is 3. The van der Waals surface area contributed by atoms with Crippen LogP contribution >= 0.6 is 0 Å². The van der Waals surface area contributed by atoms with Crippen molar-refractivity contribution in [3.05, 3.63) is 59.7 Å². The molecule has 0 bridgehead atoms. The van der Waals surface area contributed by atoms with Crippen molar-refractivity contribution in [3.8, 4) is 11.1 Å². The first-order valence-corrected chi connectivity index (χ1v) is 12.5. The van der Waals surface area contributed by atoms with Gasteiger partial charge in [-0.25, -0.2) is 4.79 Å². The number of aliphatic carboxylic acids is 1.